The van der Waals surface area contributed by atoms with E-state index in [1.807, 2.05) is 401 Å². The van der Waals surface area contributed by atoms with E-state index >= 15 is 0 Å². The topological polar surface area (TPSA) is 32.6 Å². The van der Waals surface area contributed by atoms with E-state index in [2.05, 4.69) is 273 Å². The fourth-order valence-electron chi connectivity index (χ4n) is 11.1. The molecular formula is C123H192N6OSY3-6. The van der Waals surface area contributed by atoms with Crippen LogP contribution in [-0.2, 0) is 104 Å². The van der Waals surface area contributed by atoms with Gasteiger partial charge in [0.25, 0.3) is 0 Å². The third kappa shape index (κ3) is 67.9. The van der Waals surface area contributed by atoms with Gasteiger partial charge in [0, 0.05) is 154 Å². The molecule has 1 aliphatic carbocycles. The molecule has 0 saturated heterocycles. The van der Waals surface area contributed by atoms with E-state index in [1.54, 1.807) is 0 Å². The van der Waals surface area contributed by atoms with Crippen molar-refractivity contribution < 1.29 is 103 Å². The molecule has 0 saturated carbocycles. The Bertz CT molecular complexity index is 3960. The Kier molecular flexibility index (Phi) is 128. The van der Waals surface area contributed by atoms with E-state index in [0.717, 1.165) is 84.2 Å². The van der Waals surface area contributed by atoms with Crippen molar-refractivity contribution in [1.29, 1.82) is 0 Å². The number of nitrogens with zero attached hydrogens (tertiary/aromatic N) is 6. The second-order valence-corrected chi connectivity index (χ2v) is 26.8. The normalized spacial score (nSPS) is 9.21. The van der Waals surface area contributed by atoms with Crippen LogP contribution in [0.15, 0.2) is 296 Å². The molecule has 2 aromatic heterocycles. The molecule has 0 bridgehead atoms. The molecule has 0 unspecified atom stereocenters. The summed E-state index contributed by atoms with van der Waals surface area (Å²) in [5, 5.41) is 5.14. The molecule has 3 radical (unpaired) electrons. The third-order valence-electron chi connectivity index (χ3n) is 16.4. The fourth-order valence-corrected chi connectivity index (χ4v) is 12.2. The first-order valence-corrected chi connectivity index (χ1v) is 50.6. The zero-order chi connectivity index (χ0) is 102. The van der Waals surface area contributed by atoms with E-state index in [1.165, 1.54) is 53.2 Å². The van der Waals surface area contributed by atoms with Crippen LogP contribution in [0.2, 0.25) is 0 Å². The van der Waals surface area contributed by atoms with Gasteiger partial charge in [-0.3, -0.25) is 29.4 Å². The molecule has 0 fully saturated rings. The summed E-state index contributed by atoms with van der Waals surface area (Å²) in [6.45, 7) is 77.6. The summed E-state index contributed by atoms with van der Waals surface area (Å²) in [5.41, 5.74) is 14.4. The predicted molar refractivity (Wildman–Crippen MR) is 607 cm³/mol. The van der Waals surface area contributed by atoms with Gasteiger partial charge in [-0.05, 0) is 130 Å². The van der Waals surface area contributed by atoms with Crippen LogP contribution < -0.4 is 0 Å². The van der Waals surface area contributed by atoms with Crippen molar-refractivity contribution in [3.05, 3.63) is 339 Å². The fraction of sp³-hybridized carbons (Fsp3) is 0.415. The number of furan rings is 1. The Morgan fingerprint density at radius 3 is 0.597 bits per heavy atom. The largest absolute Gasteiger partial charge is 0.456 e. The summed E-state index contributed by atoms with van der Waals surface area (Å²) in [4.78, 5) is 13.2. The second kappa shape index (κ2) is 112. The van der Waals surface area contributed by atoms with Crippen molar-refractivity contribution in [2.45, 2.75) is 248 Å². The molecule has 2 heterocycles. The van der Waals surface area contributed by atoms with E-state index in [0.29, 0.717) is 0 Å². The molecule has 11 heteroatoms. The minimum atomic E-state index is 0. The number of para-hydroxylation sites is 2. The Morgan fingerprint density at radius 1 is 0.231 bits per heavy atom. The zero-order valence-electron chi connectivity index (χ0n) is 93.7. The standard InChI is InChI=1S/C15H14.C12H8O.C12H8S.3C12H8.3C6H16N2.15C2H6.3Y/c1-15(2)13-9-5-3-7-11(13)12-8-4-6-10-14(12)15;2*1-3-7-11-9(5-1)10-6-2-4-8-12(10)13-11;3*1-3-7-11(8-4-1)12-9-5-2-6-10-12;3*1-5-8(4)6-7(2)3;15*1-2;;;/h3-10H,1-2H3;2*1-8H;3*1-7,9H;3*5-6H2,1-4H3;15*1-2H3;;;/q;;;3*-2;;;;;;;;;;;;;;;;;;;;;. The van der Waals surface area contributed by atoms with Crippen molar-refractivity contribution >= 4 is 53.4 Å². The summed E-state index contributed by atoms with van der Waals surface area (Å²) < 4.78 is 8.41. The Morgan fingerprint density at radius 2 is 0.410 bits per heavy atom. The van der Waals surface area contributed by atoms with Gasteiger partial charge in [0.05, 0.1) is 0 Å². The summed E-state index contributed by atoms with van der Waals surface area (Å²) in [7, 11) is 18.8. The maximum Gasteiger partial charge on any atom is 0.135 e. The summed E-state index contributed by atoms with van der Waals surface area (Å²) in [6.07, 6.45) is 0. The van der Waals surface area contributed by atoms with Gasteiger partial charge in [-0.15, -0.1) is 47.7 Å². The van der Waals surface area contributed by atoms with Gasteiger partial charge < -0.3 is 4.42 Å². The molecule has 0 atom stereocenters. The van der Waals surface area contributed by atoms with Crippen molar-refractivity contribution in [1.82, 2.24) is 29.4 Å². The minimum absolute atomic E-state index is 0. The van der Waals surface area contributed by atoms with E-state index in [9.17, 15) is 0 Å². The molecule has 134 heavy (non-hydrogen) atoms. The molecule has 7 nitrogen and oxygen atoms in total. The van der Waals surface area contributed by atoms with E-state index < -0.39 is 0 Å². The number of hydrogen-bond acceptors (Lipinski definition) is 8. The average molecular weight is 2070 g/mol. The van der Waals surface area contributed by atoms with Crippen molar-refractivity contribution in [2.24, 2.45) is 0 Å². The molecular weight excluding hydrogens is 1880 g/mol. The number of rotatable bonds is 12. The zero-order valence-corrected chi connectivity index (χ0v) is 103. The van der Waals surface area contributed by atoms with Crippen LogP contribution in [0.1, 0.15) is 253 Å². The maximum atomic E-state index is 5.65. The number of thiophene rings is 1. The molecule has 14 aromatic rings. The van der Waals surface area contributed by atoms with Crippen LogP contribution in [0.25, 0.3) is 86.6 Å². The number of fused-ring (bicyclic) bond motifs is 9. The molecule has 12 aromatic carbocycles. The Balaban J connectivity index is -0.000000121. The first-order chi connectivity index (χ1) is 64.0. The Labute approximate surface area is 910 Å². The monoisotopic (exact) mass is 2070 g/mol. The third-order valence-corrected chi connectivity index (χ3v) is 17.5. The van der Waals surface area contributed by atoms with Gasteiger partial charge in [-0.2, -0.15) is 146 Å². The number of benzene rings is 12. The second-order valence-electron chi connectivity index (χ2n) is 25.7. The van der Waals surface area contributed by atoms with Gasteiger partial charge in [0.2, 0.25) is 0 Å². The maximum absolute atomic E-state index is 5.65. The molecule has 0 aliphatic heterocycles. The molecule has 0 amide bonds. The molecule has 1 aliphatic rings. The van der Waals surface area contributed by atoms with Crippen molar-refractivity contribution in [3.63, 3.8) is 0 Å². The quantitative estimate of drug-likeness (QED) is 0.0890. The van der Waals surface area contributed by atoms with Gasteiger partial charge >= 0.3 is 0 Å². The van der Waals surface area contributed by atoms with Crippen LogP contribution in [-0.4, -0.2) is 132 Å². The van der Waals surface area contributed by atoms with Crippen LogP contribution in [0, 0.1) is 36.4 Å². The van der Waals surface area contributed by atoms with Crippen LogP contribution in [0.4, 0.5) is 0 Å². The van der Waals surface area contributed by atoms with E-state index in [-0.39, 0.29) is 104 Å². The van der Waals surface area contributed by atoms with E-state index in [4.69, 9.17) is 4.42 Å². The van der Waals surface area contributed by atoms with Crippen molar-refractivity contribution in [3.8, 4) is 44.5 Å². The van der Waals surface area contributed by atoms with Crippen LogP contribution >= 0.6 is 11.3 Å². The van der Waals surface area contributed by atoms with Gasteiger partial charge in [0.15, 0.2) is 0 Å². The van der Waals surface area contributed by atoms with Gasteiger partial charge in [-0.1, -0.05) is 364 Å². The van der Waals surface area contributed by atoms with Gasteiger partial charge in [-0.25, -0.2) is 33.4 Å². The van der Waals surface area contributed by atoms with Gasteiger partial charge in [0.1, 0.15) is 11.2 Å². The van der Waals surface area contributed by atoms with Crippen molar-refractivity contribution in [2.75, 3.05) is 103 Å². The Hall–Kier alpha value is -6.27. The van der Waals surface area contributed by atoms with Crippen LogP contribution in [0.3, 0.4) is 0 Å². The SMILES string of the molecule is CC.CC.CC.CC.CC.CC.CC.CC.CC.CC.CC.CC.CC.CC.CC.CC1(C)c2ccccc2-c2ccccc21.CCN(C)CN(C)C.CCN(C)CN(C)C.CCN(C)CN(C)C.[Y].[Y].[Y].[c-]1ccccc1-c1[c-]cccc1.[c-]1ccccc1-c1[c-]cccc1.[c-]1ccccc1-c1[c-]cccc1.c1ccc2c(c1)oc1ccccc12.c1ccc2c(c1)sc1ccccc12. The summed E-state index contributed by atoms with van der Waals surface area (Å²) >= 11 is 1.86. The average Bonchev–Trinajstić information content (AvgIpc) is 1.59. The minimum Gasteiger partial charge on any atom is -0.456 e. The molecule has 15 rings (SSSR count). The van der Waals surface area contributed by atoms with Crippen LogP contribution in [0.5, 0.6) is 0 Å². The first kappa shape index (κ1) is 153. The molecule has 741 valence electrons. The summed E-state index contributed by atoms with van der Waals surface area (Å²) in [5.74, 6) is 0. The molecule has 0 spiro atoms. The smallest absolute Gasteiger partial charge is 0.135 e. The number of hydrogen-bond donors (Lipinski definition) is 0. The predicted octanol–water partition coefficient (Wildman–Crippen LogP) is 37.3. The first-order valence-electron chi connectivity index (χ1n) is 49.7. The summed E-state index contributed by atoms with van der Waals surface area (Å²) in [6, 6.07) is 117. The molecule has 0 N–H and O–H groups in total.